The molecule has 3 atom stereocenters. The van der Waals surface area contributed by atoms with Gasteiger partial charge < -0.3 is 14.7 Å². The van der Waals surface area contributed by atoms with Crippen LogP contribution < -0.4 is 0 Å². The molecule has 1 saturated heterocycles. The van der Waals surface area contributed by atoms with Crippen LogP contribution in [0.3, 0.4) is 0 Å². The molecule has 1 fully saturated rings. The molecular weight excluding hydrogens is 396 g/mol. The Kier molecular flexibility index (Phi) is 5.93. The van der Waals surface area contributed by atoms with Gasteiger partial charge in [-0.3, -0.25) is 4.90 Å². The van der Waals surface area contributed by atoms with Gasteiger partial charge in [-0.15, -0.1) is 0 Å². The molecule has 2 aromatic rings. The molecule has 4 nitrogen and oxygen atoms in total. The number of nitrogens with zero attached hydrogens (tertiary/aromatic N) is 2. The first kappa shape index (κ1) is 21.4. The van der Waals surface area contributed by atoms with Crippen molar-refractivity contribution in [3.05, 3.63) is 88.7 Å². The minimum atomic E-state index is -1.13. The second-order valence-corrected chi connectivity index (χ2v) is 9.32. The van der Waals surface area contributed by atoms with Crippen LogP contribution in [0.25, 0.3) is 6.08 Å². The van der Waals surface area contributed by atoms with Crippen LogP contribution in [0.4, 0.5) is 0 Å². The molecule has 2 aromatic carbocycles. The molecule has 1 N–H and O–H groups in total. The fourth-order valence-electron chi connectivity index (χ4n) is 5.65. The topological polar surface area (TPSA) is 35.9 Å². The third-order valence-electron chi connectivity index (χ3n) is 7.44. The van der Waals surface area contributed by atoms with Crippen molar-refractivity contribution in [3.8, 4) is 0 Å². The first-order valence-corrected chi connectivity index (χ1v) is 12.0. The van der Waals surface area contributed by atoms with Crippen molar-refractivity contribution in [1.29, 1.82) is 0 Å². The van der Waals surface area contributed by atoms with Crippen molar-refractivity contribution in [2.24, 2.45) is 5.92 Å². The van der Waals surface area contributed by atoms with Gasteiger partial charge in [0.15, 0.2) is 0 Å². The zero-order chi connectivity index (χ0) is 22.1. The number of hydrogen-bond donors (Lipinski definition) is 1. The van der Waals surface area contributed by atoms with Crippen LogP contribution in [0.1, 0.15) is 37.3 Å². The fraction of sp³-hybridized carbons (Fsp3) is 0.429. The summed E-state index contributed by atoms with van der Waals surface area (Å²) >= 11 is 0. The molecular formula is C28H34N2O2. The Bertz CT molecular complexity index is 1000. The number of benzene rings is 2. The molecule has 4 heteroatoms. The van der Waals surface area contributed by atoms with Gasteiger partial charge in [-0.05, 0) is 35.9 Å². The van der Waals surface area contributed by atoms with E-state index in [1.165, 1.54) is 22.3 Å². The predicted octanol–water partition coefficient (Wildman–Crippen LogP) is 4.50. The largest absolute Gasteiger partial charge is 0.462 e. The summed E-state index contributed by atoms with van der Waals surface area (Å²) in [5.74, 6) is -0.0362. The Balaban J connectivity index is 1.66. The molecule has 3 aliphatic heterocycles. The molecule has 0 aromatic heterocycles. The summed E-state index contributed by atoms with van der Waals surface area (Å²) in [6, 6.07) is 21.2. The van der Waals surface area contributed by atoms with Crippen molar-refractivity contribution in [3.63, 3.8) is 0 Å². The molecule has 3 aliphatic rings. The highest BCUT2D eigenvalue weighted by molar-refractivity contribution is 5.61. The highest BCUT2D eigenvalue weighted by atomic mass is 16.6. The van der Waals surface area contributed by atoms with Gasteiger partial charge in [0.1, 0.15) is 5.76 Å². The number of rotatable bonds is 4. The first-order chi connectivity index (χ1) is 15.6. The van der Waals surface area contributed by atoms with Crippen LogP contribution >= 0.6 is 0 Å². The van der Waals surface area contributed by atoms with Crippen molar-refractivity contribution >= 4 is 6.08 Å². The number of fused-ring (bicyclic) bond motifs is 1. The molecule has 3 heterocycles. The van der Waals surface area contributed by atoms with E-state index in [0.717, 1.165) is 45.0 Å². The van der Waals surface area contributed by atoms with E-state index < -0.39 is 5.79 Å². The lowest BCUT2D eigenvalue weighted by molar-refractivity contribution is -0.249. The molecule has 0 saturated carbocycles. The summed E-state index contributed by atoms with van der Waals surface area (Å²) in [5.41, 5.74) is 4.94. The summed E-state index contributed by atoms with van der Waals surface area (Å²) in [6.07, 6.45) is 2.88. The lowest BCUT2D eigenvalue weighted by atomic mass is 9.70. The van der Waals surface area contributed by atoms with E-state index in [1.807, 2.05) is 6.07 Å². The summed E-state index contributed by atoms with van der Waals surface area (Å²) in [7, 11) is 0. The number of hydrogen-bond acceptors (Lipinski definition) is 4. The standard InChI is InChI=1S/C28H34N2O2/c1-3-29-16-15-28(31)25(20-29)26(22-13-9-6-10-14-22)24-19-30(4-2)18-23(27(24)32-28)17-21-11-7-5-8-12-21/h5-14,17,25-26,31H,3-4,15-16,18-20H2,1-2H3/b23-17+. The van der Waals surface area contributed by atoms with Crippen LogP contribution in [-0.4, -0.2) is 60.0 Å². The molecule has 0 spiro atoms. The fourth-order valence-corrected chi connectivity index (χ4v) is 5.65. The monoisotopic (exact) mass is 430 g/mol. The zero-order valence-electron chi connectivity index (χ0n) is 19.2. The van der Waals surface area contributed by atoms with Crippen LogP contribution in [-0.2, 0) is 4.74 Å². The highest BCUT2D eigenvalue weighted by Gasteiger charge is 2.53. The Morgan fingerprint density at radius 3 is 2.34 bits per heavy atom. The predicted molar refractivity (Wildman–Crippen MR) is 129 cm³/mol. The third-order valence-corrected chi connectivity index (χ3v) is 7.44. The second kappa shape index (κ2) is 8.86. The Hall–Kier alpha value is -2.40. The number of likely N-dealkylation sites (N-methyl/N-ethyl adjacent to an activating group) is 1. The Labute approximate surface area is 191 Å². The van der Waals surface area contributed by atoms with Gasteiger partial charge in [-0.25, -0.2) is 0 Å². The third kappa shape index (κ3) is 3.92. The van der Waals surface area contributed by atoms with Crippen LogP contribution in [0.15, 0.2) is 77.6 Å². The maximum atomic E-state index is 11.9. The first-order valence-electron chi connectivity index (χ1n) is 12.0. The molecule has 0 amide bonds. The smallest absolute Gasteiger partial charge is 0.214 e. The lowest BCUT2D eigenvalue weighted by Crippen LogP contribution is -2.58. The Morgan fingerprint density at radius 1 is 0.969 bits per heavy atom. The average molecular weight is 431 g/mol. The Morgan fingerprint density at radius 2 is 1.66 bits per heavy atom. The van der Waals surface area contributed by atoms with Gasteiger partial charge in [0.2, 0.25) is 5.79 Å². The molecule has 0 bridgehead atoms. The summed E-state index contributed by atoms with van der Waals surface area (Å²) < 4.78 is 6.62. The van der Waals surface area contributed by atoms with Gasteiger partial charge in [-0.1, -0.05) is 74.5 Å². The van der Waals surface area contributed by atoms with Gasteiger partial charge in [0, 0.05) is 50.0 Å². The van der Waals surface area contributed by atoms with Crippen LogP contribution in [0.2, 0.25) is 0 Å². The molecule has 168 valence electrons. The SMILES string of the molecule is CCN1CC2=C(OC3(O)CCN(CC)CC3C2c2ccccc2)/C(=C/c2ccccc2)C1. The van der Waals surface area contributed by atoms with E-state index in [9.17, 15) is 5.11 Å². The van der Waals surface area contributed by atoms with Crippen LogP contribution in [0, 0.1) is 5.92 Å². The van der Waals surface area contributed by atoms with Gasteiger partial charge in [-0.2, -0.15) is 0 Å². The van der Waals surface area contributed by atoms with Gasteiger partial charge in [0.25, 0.3) is 0 Å². The number of piperidine rings is 1. The minimum Gasteiger partial charge on any atom is -0.462 e. The minimum absolute atomic E-state index is 0.0205. The zero-order valence-corrected chi connectivity index (χ0v) is 19.2. The lowest BCUT2D eigenvalue weighted by Gasteiger charge is -2.53. The van der Waals surface area contributed by atoms with E-state index in [2.05, 4.69) is 84.3 Å². The van der Waals surface area contributed by atoms with E-state index in [-0.39, 0.29) is 11.8 Å². The molecule has 32 heavy (non-hydrogen) atoms. The van der Waals surface area contributed by atoms with Gasteiger partial charge in [0.05, 0.1) is 0 Å². The normalized spacial score (nSPS) is 30.0. The van der Waals surface area contributed by atoms with E-state index in [0.29, 0.717) is 6.42 Å². The maximum Gasteiger partial charge on any atom is 0.214 e. The average Bonchev–Trinajstić information content (AvgIpc) is 2.83. The van der Waals surface area contributed by atoms with Crippen molar-refractivity contribution in [1.82, 2.24) is 9.80 Å². The summed E-state index contributed by atoms with van der Waals surface area (Å²) in [5, 5.41) is 11.9. The molecule has 0 radical (unpaired) electrons. The molecule has 3 unspecified atom stereocenters. The summed E-state index contributed by atoms with van der Waals surface area (Å²) in [6.45, 7) is 9.86. The number of aliphatic hydroxyl groups is 1. The molecule has 5 rings (SSSR count). The van der Waals surface area contributed by atoms with Gasteiger partial charge >= 0.3 is 0 Å². The molecule has 0 aliphatic carbocycles. The van der Waals surface area contributed by atoms with E-state index in [4.69, 9.17) is 4.74 Å². The second-order valence-electron chi connectivity index (χ2n) is 9.32. The quantitative estimate of drug-likeness (QED) is 0.775. The maximum absolute atomic E-state index is 11.9. The van der Waals surface area contributed by atoms with Crippen molar-refractivity contribution in [2.75, 3.05) is 39.3 Å². The number of likely N-dealkylation sites (tertiary alicyclic amines) is 1. The van der Waals surface area contributed by atoms with Crippen molar-refractivity contribution in [2.45, 2.75) is 32.0 Å². The van der Waals surface area contributed by atoms with Crippen LogP contribution in [0.5, 0.6) is 0 Å². The van der Waals surface area contributed by atoms with E-state index >= 15 is 0 Å². The van der Waals surface area contributed by atoms with E-state index in [1.54, 1.807) is 0 Å². The van der Waals surface area contributed by atoms with Crippen molar-refractivity contribution < 1.29 is 9.84 Å². The summed E-state index contributed by atoms with van der Waals surface area (Å²) in [4.78, 5) is 4.93. The highest BCUT2D eigenvalue weighted by Crippen LogP contribution is 2.51. The number of ether oxygens (including phenoxy) is 1.